The molecule has 2 heterocycles. The Hall–Kier alpha value is -2.64. The minimum atomic E-state index is -0.625. The van der Waals surface area contributed by atoms with Gasteiger partial charge in [-0.1, -0.05) is 6.08 Å². The van der Waals surface area contributed by atoms with Gasteiger partial charge in [0.25, 0.3) is 5.56 Å². The summed E-state index contributed by atoms with van der Waals surface area (Å²) in [6.45, 7) is 5.52. The Balaban J connectivity index is 2.62. The van der Waals surface area contributed by atoms with Gasteiger partial charge in [-0.2, -0.15) is 0 Å². The van der Waals surface area contributed by atoms with Crippen molar-refractivity contribution < 1.29 is 4.79 Å². The summed E-state index contributed by atoms with van der Waals surface area (Å²) in [6, 6.07) is -0.625. The number of fused-ring (bicyclic) bond motifs is 1. The van der Waals surface area contributed by atoms with E-state index in [4.69, 9.17) is 0 Å². The second kappa shape index (κ2) is 5.39. The highest BCUT2D eigenvalue weighted by atomic mass is 16.2. The number of carbonyl (C=O) groups is 1. The first-order valence-corrected chi connectivity index (χ1v) is 6.41. The zero-order valence-corrected chi connectivity index (χ0v) is 12.2. The number of hydrogen-bond donors (Lipinski definition) is 1. The average molecular weight is 291 g/mol. The normalized spacial score (nSPS) is 12.3. The van der Waals surface area contributed by atoms with Gasteiger partial charge >= 0.3 is 5.69 Å². The van der Waals surface area contributed by atoms with Crippen LogP contribution in [0.5, 0.6) is 0 Å². The summed E-state index contributed by atoms with van der Waals surface area (Å²) < 4.78 is 3.74. The molecule has 0 aliphatic rings. The van der Waals surface area contributed by atoms with Crippen LogP contribution in [-0.2, 0) is 18.9 Å². The number of hydrogen-bond acceptors (Lipinski definition) is 4. The molecule has 0 radical (unpaired) electrons. The molecule has 1 N–H and O–H groups in total. The average Bonchev–Trinajstić information content (AvgIpc) is 2.92. The molecule has 0 bridgehead atoms. The van der Waals surface area contributed by atoms with E-state index in [1.54, 1.807) is 13.0 Å². The Labute approximate surface area is 120 Å². The van der Waals surface area contributed by atoms with E-state index < -0.39 is 17.3 Å². The predicted molar refractivity (Wildman–Crippen MR) is 78.1 cm³/mol. The molecule has 2 aromatic rings. The first-order chi connectivity index (χ1) is 9.90. The summed E-state index contributed by atoms with van der Waals surface area (Å²) in [4.78, 5) is 40.2. The summed E-state index contributed by atoms with van der Waals surface area (Å²) >= 11 is 0. The Morgan fingerprint density at radius 2 is 2.10 bits per heavy atom. The van der Waals surface area contributed by atoms with E-state index in [0.717, 1.165) is 4.57 Å². The highest BCUT2D eigenvalue weighted by Crippen LogP contribution is 2.13. The summed E-state index contributed by atoms with van der Waals surface area (Å²) in [5, 5.41) is 2.66. The van der Waals surface area contributed by atoms with Crippen molar-refractivity contribution in [1.82, 2.24) is 24.0 Å². The number of aryl methyl sites for hydroxylation is 1. The Morgan fingerprint density at radius 3 is 2.71 bits per heavy atom. The number of imidazole rings is 1. The molecule has 0 spiro atoms. The topological polar surface area (TPSA) is 90.9 Å². The van der Waals surface area contributed by atoms with Crippen LogP contribution in [0.3, 0.4) is 0 Å². The molecule has 0 saturated heterocycles. The van der Waals surface area contributed by atoms with E-state index >= 15 is 0 Å². The van der Waals surface area contributed by atoms with Crippen LogP contribution in [0.15, 0.2) is 28.6 Å². The van der Waals surface area contributed by atoms with Crippen LogP contribution >= 0.6 is 0 Å². The minimum absolute atomic E-state index is 0.223. The maximum Gasteiger partial charge on any atom is 0.332 e. The monoisotopic (exact) mass is 291 g/mol. The molecule has 0 aliphatic carbocycles. The molecular formula is C13H17N5O3. The minimum Gasteiger partial charge on any atom is -0.351 e. The van der Waals surface area contributed by atoms with Gasteiger partial charge in [-0.3, -0.25) is 18.7 Å². The molecule has 0 fully saturated rings. The summed E-state index contributed by atoms with van der Waals surface area (Å²) in [5.74, 6) is -0.259. The standard InChI is InChI=1S/C13H17N5O3/c1-5-6-14-11(19)8(2)18-7-15-10-9(18)12(20)17(4)13(21)16(10)3/h5,7-8H,1,6H2,2-4H3,(H,14,19)/t8-/m1/s1. The SMILES string of the molecule is C=CCNC(=O)[C@@H](C)n1cnc2c1c(=O)n(C)c(=O)n2C. The molecule has 0 aromatic carbocycles. The predicted octanol–water partition coefficient (Wildman–Crippen LogP) is -0.703. The highest BCUT2D eigenvalue weighted by molar-refractivity contribution is 5.82. The first kappa shape index (κ1) is 14.8. The fourth-order valence-electron chi connectivity index (χ4n) is 2.10. The van der Waals surface area contributed by atoms with Crippen LogP contribution in [0.4, 0.5) is 0 Å². The van der Waals surface area contributed by atoms with E-state index in [1.165, 1.54) is 29.6 Å². The number of amides is 1. The molecule has 1 atom stereocenters. The van der Waals surface area contributed by atoms with Gasteiger partial charge in [-0.05, 0) is 6.92 Å². The van der Waals surface area contributed by atoms with Crippen LogP contribution in [0.25, 0.3) is 11.2 Å². The Kier molecular flexibility index (Phi) is 3.79. The molecule has 2 rings (SSSR count). The lowest BCUT2D eigenvalue weighted by molar-refractivity contribution is -0.123. The van der Waals surface area contributed by atoms with Crippen LogP contribution in [-0.4, -0.2) is 31.1 Å². The largest absolute Gasteiger partial charge is 0.351 e. The van der Waals surface area contributed by atoms with Gasteiger partial charge in [0.1, 0.15) is 6.04 Å². The first-order valence-electron chi connectivity index (χ1n) is 6.41. The van der Waals surface area contributed by atoms with E-state index in [-0.39, 0.29) is 17.1 Å². The van der Waals surface area contributed by atoms with Crippen molar-refractivity contribution in [1.29, 1.82) is 0 Å². The second-order valence-electron chi connectivity index (χ2n) is 4.74. The van der Waals surface area contributed by atoms with Crippen molar-refractivity contribution in [3.8, 4) is 0 Å². The van der Waals surface area contributed by atoms with E-state index in [9.17, 15) is 14.4 Å². The lowest BCUT2D eigenvalue weighted by Gasteiger charge is -2.14. The molecule has 0 aliphatic heterocycles. The molecule has 1 amide bonds. The molecule has 8 heteroatoms. The third-order valence-corrected chi connectivity index (χ3v) is 3.39. The van der Waals surface area contributed by atoms with Gasteiger partial charge in [0.15, 0.2) is 11.2 Å². The fraction of sp³-hybridized carbons (Fsp3) is 0.385. The fourth-order valence-corrected chi connectivity index (χ4v) is 2.10. The smallest absolute Gasteiger partial charge is 0.332 e. The van der Waals surface area contributed by atoms with Crippen LogP contribution in [0.2, 0.25) is 0 Å². The number of carbonyl (C=O) groups excluding carboxylic acids is 1. The number of rotatable bonds is 4. The van der Waals surface area contributed by atoms with Crippen molar-refractivity contribution in [2.24, 2.45) is 14.1 Å². The van der Waals surface area contributed by atoms with Gasteiger partial charge in [0.2, 0.25) is 5.91 Å². The van der Waals surface area contributed by atoms with E-state index in [2.05, 4.69) is 16.9 Å². The van der Waals surface area contributed by atoms with Gasteiger partial charge in [-0.25, -0.2) is 9.78 Å². The van der Waals surface area contributed by atoms with Crippen molar-refractivity contribution in [3.63, 3.8) is 0 Å². The number of nitrogens with one attached hydrogen (secondary N) is 1. The summed E-state index contributed by atoms with van der Waals surface area (Å²) in [6.07, 6.45) is 2.96. The summed E-state index contributed by atoms with van der Waals surface area (Å²) in [5.41, 5.74) is -0.456. The van der Waals surface area contributed by atoms with E-state index in [0.29, 0.717) is 6.54 Å². The van der Waals surface area contributed by atoms with E-state index in [1.807, 2.05) is 0 Å². The third kappa shape index (κ3) is 2.28. The van der Waals surface area contributed by atoms with Crippen LogP contribution in [0.1, 0.15) is 13.0 Å². The molecule has 112 valence electrons. The van der Waals surface area contributed by atoms with Crippen molar-refractivity contribution >= 4 is 17.1 Å². The molecule has 0 unspecified atom stereocenters. The van der Waals surface area contributed by atoms with Gasteiger partial charge in [0, 0.05) is 20.6 Å². The lowest BCUT2D eigenvalue weighted by Crippen LogP contribution is -2.38. The van der Waals surface area contributed by atoms with Crippen molar-refractivity contribution in [3.05, 3.63) is 39.8 Å². The van der Waals surface area contributed by atoms with Crippen molar-refractivity contribution in [2.45, 2.75) is 13.0 Å². The summed E-state index contributed by atoms with van der Waals surface area (Å²) in [7, 11) is 2.92. The van der Waals surface area contributed by atoms with Crippen molar-refractivity contribution in [2.75, 3.05) is 6.54 Å². The third-order valence-electron chi connectivity index (χ3n) is 3.39. The Bertz CT molecular complexity index is 827. The molecular weight excluding hydrogens is 274 g/mol. The van der Waals surface area contributed by atoms with Gasteiger partial charge < -0.3 is 9.88 Å². The maximum absolute atomic E-state index is 12.3. The number of nitrogens with zero attached hydrogens (tertiary/aromatic N) is 4. The molecule has 0 saturated carbocycles. The molecule has 8 nitrogen and oxygen atoms in total. The number of aromatic nitrogens is 4. The Morgan fingerprint density at radius 1 is 1.43 bits per heavy atom. The second-order valence-corrected chi connectivity index (χ2v) is 4.74. The maximum atomic E-state index is 12.3. The zero-order chi connectivity index (χ0) is 15.7. The highest BCUT2D eigenvalue weighted by Gasteiger charge is 2.21. The van der Waals surface area contributed by atoms with Gasteiger partial charge in [0.05, 0.1) is 6.33 Å². The molecule has 2 aromatic heterocycles. The van der Waals surface area contributed by atoms with Gasteiger partial charge in [-0.15, -0.1) is 6.58 Å². The van der Waals surface area contributed by atoms with Crippen LogP contribution < -0.4 is 16.6 Å². The van der Waals surface area contributed by atoms with Crippen LogP contribution in [0, 0.1) is 0 Å². The zero-order valence-electron chi connectivity index (χ0n) is 12.2. The molecule has 21 heavy (non-hydrogen) atoms. The quantitative estimate of drug-likeness (QED) is 0.754. The lowest BCUT2D eigenvalue weighted by atomic mass is 10.3.